The van der Waals surface area contributed by atoms with E-state index < -0.39 is 0 Å². The predicted molar refractivity (Wildman–Crippen MR) is 78.9 cm³/mol. The maximum atomic E-state index is 4.59. The molecule has 0 amide bonds. The Morgan fingerprint density at radius 3 is 2.11 bits per heavy atom. The molecule has 0 aliphatic rings. The molecule has 0 aliphatic heterocycles. The zero-order valence-electron chi connectivity index (χ0n) is 12.4. The molecule has 18 heavy (non-hydrogen) atoms. The van der Waals surface area contributed by atoms with Gasteiger partial charge in [-0.1, -0.05) is 33.8 Å². The Bertz CT molecular complexity index is 320. The molecule has 0 bridgehead atoms. The Labute approximate surface area is 112 Å². The second-order valence-electron chi connectivity index (χ2n) is 5.75. The number of rotatable bonds is 7. The molecule has 0 atom stereocenters. The summed E-state index contributed by atoms with van der Waals surface area (Å²) >= 11 is 0. The average molecular weight is 249 g/mol. The third kappa shape index (κ3) is 5.05. The van der Waals surface area contributed by atoms with Gasteiger partial charge in [0.15, 0.2) is 0 Å². The highest BCUT2D eigenvalue weighted by atomic mass is 15.2. The number of pyridine rings is 1. The third-order valence-corrected chi connectivity index (χ3v) is 2.69. The predicted octanol–water partition coefficient (Wildman–Crippen LogP) is 2.92. The molecule has 0 fully saturated rings. The minimum Gasteiger partial charge on any atom is -0.356 e. The summed E-state index contributed by atoms with van der Waals surface area (Å²) in [5.74, 6) is 2.40. The molecule has 1 N–H and O–H groups in total. The number of hydrogen-bond acceptors (Lipinski definition) is 3. The Kier molecular flexibility index (Phi) is 6.13. The summed E-state index contributed by atoms with van der Waals surface area (Å²) in [5, 5.41) is 3.14. The molecule has 0 spiro atoms. The quantitative estimate of drug-likeness (QED) is 0.805. The van der Waals surface area contributed by atoms with Crippen molar-refractivity contribution in [2.24, 2.45) is 11.8 Å². The van der Waals surface area contributed by atoms with Crippen molar-refractivity contribution in [3.05, 3.63) is 23.9 Å². The summed E-state index contributed by atoms with van der Waals surface area (Å²) in [6, 6.07) is 4.30. The molecular formula is C15H27N3. The van der Waals surface area contributed by atoms with E-state index in [1.807, 2.05) is 13.2 Å². The molecule has 0 aromatic carbocycles. The molecule has 3 nitrogen and oxygen atoms in total. The van der Waals surface area contributed by atoms with Crippen LogP contribution in [0.5, 0.6) is 0 Å². The molecule has 3 heteroatoms. The van der Waals surface area contributed by atoms with Gasteiger partial charge in [-0.3, -0.25) is 0 Å². The summed E-state index contributed by atoms with van der Waals surface area (Å²) in [6.45, 7) is 12.0. The van der Waals surface area contributed by atoms with E-state index in [1.165, 1.54) is 5.56 Å². The minimum atomic E-state index is 0.655. The van der Waals surface area contributed by atoms with Gasteiger partial charge in [-0.2, -0.15) is 0 Å². The summed E-state index contributed by atoms with van der Waals surface area (Å²) in [7, 11) is 1.96. The van der Waals surface area contributed by atoms with Crippen LogP contribution in [0.1, 0.15) is 33.3 Å². The topological polar surface area (TPSA) is 28.2 Å². The normalized spacial score (nSPS) is 11.3. The summed E-state index contributed by atoms with van der Waals surface area (Å²) < 4.78 is 0. The first-order valence-corrected chi connectivity index (χ1v) is 6.87. The molecule has 1 heterocycles. The van der Waals surface area contributed by atoms with E-state index in [0.717, 1.165) is 25.5 Å². The largest absolute Gasteiger partial charge is 0.356 e. The van der Waals surface area contributed by atoms with E-state index in [2.05, 4.69) is 55.0 Å². The van der Waals surface area contributed by atoms with Crippen LogP contribution < -0.4 is 10.2 Å². The highest BCUT2D eigenvalue weighted by Gasteiger charge is 2.11. The van der Waals surface area contributed by atoms with Crippen LogP contribution in [0.3, 0.4) is 0 Å². The molecule has 1 rings (SSSR count). The minimum absolute atomic E-state index is 0.655. The second-order valence-corrected chi connectivity index (χ2v) is 5.75. The van der Waals surface area contributed by atoms with Gasteiger partial charge in [-0.05, 0) is 30.5 Å². The van der Waals surface area contributed by atoms with Gasteiger partial charge in [-0.15, -0.1) is 0 Å². The van der Waals surface area contributed by atoms with E-state index in [-0.39, 0.29) is 0 Å². The van der Waals surface area contributed by atoms with Crippen molar-refractivity contribution >= 4 is 5.82 Å². The molecule has 0 radical (unpaired) electrons. The van der Waals surface area contributed by atoms with Gasteiger partial charge >= 0.3 is 0 Å². The van der Waals surface area contributed by atoms with Crippen LogP contribution in [-0.2, 0) is 6.54 Å². The first kappa shape index (κ1) is 15.0. The number of nitrogens with zero attached hydrogens (tertiary/aromatic N) is 2. The lowest BCUT2D eigenvalue weighted by molar-refractivity contribution is 0.548. The Balaban J connectivity index is 2.77. The van der Waals surface area contributed by atoms with Gasteiger partial charge in [0.25, 0.3) is 0 Å². The monoisotopic (exact) mass is 249 g/mol. The second kappa shape index (κ2) is 7.37. The Hall–Kier alpha value is -1.09. The van der Waals surface area contributed by atoms with E-state index >= 15 is 0 Å². The van der Waals surface area contributed by atoms with Crippen molar-refractivity contribution in [3.8, 4) is 0 Å². The van der Waals surface area contributed by atoms with Gasteiger partial charge in [0.2, 0.25) is 0 Å². The molecule has 1 aromatic heterocycles. The lowest BCUT2D eigenvalue weighted by atomic mass is 10.1. The van der Waals surface area contributed by atoms with Gasteiger partial charge in [0, 0.05) is 25.8 Å². The van der Waals surface area contributed by atoms with Crippen LogP contribution >= 0.6 is 0 Å². The summed E-state index contributed by atoms with van der Waals surface area (Å²) in [5.41, 5.74) is 1.23. The first-order chi connectivity index (χ1) is 8.52. The fourth-order valence-electron chi connectivity index (χ4n) is 2.06. The average Bonchev–Trinajstić information content (AvgIpc) is 2.28. The maximum Gasteiger partial charge on any atom is 0.128 e. The fraction of sp³-hybridized carbons (Fsp3) is 0.667. The zero-order chi connectivity index (χ0) is 13.5. The number of anilines is 1. The van der Waals surface area contributed by atoms with Crippen molar-refractivity contribution in [1.82, 2.24) is 10.3 Å². The lowest BCUT2D eigenvalue weighted by Crippen LogP contribution is -2.32. The van der Waals surface area contributed by atoms with Crippen molar-refractivity contribution in [2.75, 3.05) is 25.0 Å². The summed E-state index contributed by atoms with van der Waals surface area (Å²) in [6.07, 6.45) is 1.97. The van der Waals surface area contributed by atoms with Crippen LogP contribution in [0.15, 0.2) is 18.3 Å². The van der Waals surface area contributed by atoms with Crippen LogP contribution in [0.4, 0.5) is 5.82 Å². The van der Waals surface area contributed by atoms with Crippen molar-refractivity contribution in [3.63, 3.8) is 0 Å². The zero-order valence-corrected chi connectivity index (χ0v) is 12.4. The van der Waals surface area contributed by atoms with Crippen LogP contribution in [0.2, 0.25) is 0 Å². The van der Waals surface area contributed by atoms with E-state index in [9.17, 15) is 0 Å². The standard InChI is InChI=1S/C15H27N3/c1-12(2)10-18(11-13(3)4)15-7-6-14(8-16-5)9-17-15/h6-7,9,12-13,16H,8,10-11H2,1-5H3. The lowest BCUT2D eigenvalue weighted by Gasteiger charge is -2.27. The van der Waals surface area contributed by atoms with Crippen LogP contribution in [0, 0.1) is 11.8 Å². The highest BCUT2D eigenvalue weighted by molar-refractivity contribution is 5.39. The molecule has 102 valence electrons. The Morgan fingerprint density at radius 2 is 1.72 bits per heavy atom. The van der Waals surface area contributed by atoms with Crippen LogP contribution in [0.25, 0.3) is 0 Å². The highest BCUT2D eigenvalue weighted by Crippen LogP contribution is 2.15. The number of hydrogen-bond donors (Lipinski definition) is 1. The van der Waals surface area contributed by atoms with Gasteiger partial charge in [0.1, 0.15) is 5.82 Å². The number of nitrogens with one attached hydrogen (secondary N) is 1. The molecule has 0 aliphatic carbocycles. The van der Waals surface area contributed by atoms with E-state index in [4.69, 9.17) is 0 Å². The van der Waals surface area contributed by atoms with Crippen LogP contribution in [-0.4, -0.2) is 25.1 Å². The van der Waals surface area contributed by atoms with E-state index in [1.54, 1.807) is 0 Å². The van der Waals surface area contributed by atoms with Crippen molar-refractivity contribution in [2.45, 2.75) is 34.2 Å². The Morgan fingerprint density at radius 1 is 1.11 bits per heavy atom. The molecule has 0 saturated heterocycles. The molecule has 1 aromatic rings. The van der Waals surface area contributed by atoms with E-state index in [0.29, 0.717) is 11.8 Å². The molecule has 0 saturated carbocycles. The number of aromatic nitrogens is 1. The van der Waals surface area contributed by atoms with Crippen molar-refractivity contribution < 1.29 is 0 Å². The summed E-state index contributed by atoms with van der Waals surface area (Å²) in [4.78, 5) is 6.98. The molecular weight excluding hydrogens is 222 g/mol. The maximum absolute atomic E-state index is 4.59. The van der Waals surface area contributed by atoms with Crippen molar-refractivity contribution in [1.29, 1.82) is 0 Å². The van der Waals surface area contributed by atoms with Gasteiger partial charge in [-0.25, -0.2) is 4.98 Å². The third-order valence-electron chi connectivity index (χ3n) is 2.69. The SMILES string of the molecule is CNCc1ccc(N(CC(C)C)CC(C)C)nc1. The molecule has 0 unspecified atom stereocenters. The smallest absolute Gasteiger partial charge is 0.128 e. The first-order valence-electron chi connectivity index (χ1n) is 6.87. The van der Waals surface area contributed by atoms with Gasteiger partial charge < -0.3 is 10.2 Å². The van der Waals surface area contributed by atoms with Gasteiger partial charge in [0.05, 0.1) is 0 Å². The fourth-order valence-corrected chi connectivity index (χ4v) is 2.06.